The predicted octanol–water partition coefficient (Wildman–Crippen LogP) is 5.78. The molecule has 0 fully saturated rings. The van der Waals surface area contributed by atoms with Crippen LogP contribution < -0.4 is 0 Å². The lowest BCUT2D eigenvalue weighted by molar-refractivity contribution is -0.111. The van der Waals surface area contributed by atoms with Crippen LogP contribution >= 0.6 is 81.9 Å². The van der Waals surface area contributed by atoms with Crippen molar-refractivity contribution in [1.29, 1.82) is 0 Å². The minimum atomic E-state index is 0.0487. The Kier molecular flexibility index (Phi) is 25.6. The number of alkyl halides is 3. The number of carbonyl (C=O) groups excluding carboxylic acids is 3. The summed E-state index contributed by atoms with van der Waals surface area (Å²) in [6.07, 6.45) is 1.06. The van der Waals surface area contributed by atoms with E-state index < -0.39 is 0 Å². The summed E-state index contributed by atoms with van der Waals surface area (Å²) < 4.78 is 0. The van der Waals surface area contributed by atoms with Crippen molar-refractivity contribution in [2.45, 2.75) is 38.4 Å². The maximum absolute atomic E-state index is 11.8. The monoisotopic (exact) mass is 500 g/mol. The van der Waals surface area contributed by atoms with Gasteiger partial charge in [0.15, 0.2) is 15.3 Å². The zero-order chi connectivity index (χ0) is 20.2. The van der Waals surface area contributed by atoms with Crippen LogP contribution in [0, 0.1) is 0 Å². The van der Waals surface area contributed by atoms with Crippen LogP contribution in [0.1, 0.15) is 33.1 Å². The lowest BCUT2D eigenvalue weighted by Gasteiger charge is -2.14. The summed E-state index contributed by atoms with van der Waals surface area (Å²) in [6, 6.07) is 0. The number of carbonyl (C=O) groups is 3. The van der Waals surface area contributed by atoms with Crippen molar-refractivity contribution in [3.05, 3.63) is 0 Å². The van der Waals surface area contributed by atoms with Gasteiger partial charge >= 0.3 is 0 Å². The molecule has 10 heteroatoms. The zero-order valence-electron chi connectivity index (χ0n) is 15.1. The largest absolute Gasteiger partial charge is 0.287 e. The van der Waals surface area contributed by atoms with E-state index in [0.717, 1.165) is 17.3 Å². The summed E-state index contributed by atoms with van der Waals surface area (Å²) in [5.74, 6) is 3.86. The number of hydrogen-bond acceptors (Lipinski definition) is 7. The van der Waals surface area contributed by atoms with Crippen molar-refractivity contribution in [1.82, 2.24) is 0 Å². The molecule has 154 valence electrons. The summed E-state index contributed by atoms with van der Waals surface area (Å²) in [5.41, 5.74) is 0. The van der Waals surface area contributed by atoms with E-state index in [1.807, 2.05) is 13.8 Å². The van der Waals surface area contributed by atoms with E-state index in [1.54, 1.807) is 11.8 Å². The molecule has 0 rings (SSSR count). The molecule has 0 aliphatic rings. The molecule has 0 N–H and O–H groups in total. The quantitative estimate of drug-likeness (QED) is 0.221. The number of thioether (sulfide) groups is 4. The highest BCUT2D eigenvalue weighted by Gasteiger charge is 2.17. The first kappa shape index (κ1) is 29.5. The van der Waals surface area contributed by atoms with Crippen LogP contribution in [-0.4, -0.2) is 61.2 Å². The Morgan fingerprint density at radius 3 is 1.77 bits per heavy atom. The third-order valence-electron chi connectivity index (χ3n) is 2.42. The first-order valence-corrected chi connectivity index (χ1v) is 13.9. The molecule has 0 spiro atoms. The number of rotatable bonds is 14. The first-order chi connectivity index (χ1) is 12.5. The van der Waals surface area contributed by atoms with Gasteiger partial charge in [0.05, 0.1) is 0 Å². The molecule has 0 aromatic heterocycles. The molecule has 0 aliphatic heterocycles. The van der Waals surface area contributed by atoms with Gasteiger partial charge in [-0.25, -0.2) is 0 Å². The van der Waals surface area contributed by atoms with E-state index >= 15 is 0 Å². The summed E-state index contributed by atoms with van der Waals surface area (Å²) in [4.78, 5) is 34.7. The van der Waals surface area contributed by atoms with Gasteiger partial charge in [0, 0.05) is 65.2 Å². The van der Waals surface area contributed by atoms with Gasteiger partial charge in [0.2, 0.25) is 0 Å². The molecule has 0 aromatic carbocycles. The molecular formula is C16H27Cl3O3S4. The van der Waals surface area contributed by atoms with Crippen LogP contribution in [-0.2, 0) is 14.4 Å². The van der Waals surface area contributed by atoms with Crippen molar-refractivity contribution < 1.29 is 14.4 Å². The van der Waals surface area contributed by atoms with Crippen LogP contribution in [0.15, 0.2) is 0 Å². The minimum absolute atomic E-state index is 0.0487. The topological polar surface area (TPSA) is 51.2 Å². The molecule has 0 bridgehead atoms. The zero-order valence-corrected chi connectivity index (χ0v) is 20.7. The van der Waals surface area contributed by atoms with E-state index in [0.29, 0.717) is 42.7 Å². The number of halogens is 3. The van der Waals surface area contributed by atoms with Gasteiger partial charge in [0.1, 0.15) is 0 Å². The maximum atomic E-state index is 11.8. The molecule has 0 heterocycles. The fourth-order valence-electron chi connectivity index (χ4n) is 1.35. The van der Waals surface area contributed by atoms with Gasteiger partial charge < -0.3 is 0 Å². The molecule has 1 unspecified atom stereocenters. The van der Waals surface area contributed by atoms with Crippen LogP contribution in [0.3, 0.4) is 0 Å². The van der Waals surface area contributed by atoms with Crippen LogP contribution in [0.5, 0.6) is 0 Å². The Morgan fingerprint density at radius 2 is 1.23 bits per heavy atom. The Morgan fingerprint density at radius 1 is 0.731 bits per heavy atom. The van der Waals surface area contributed by atoms with E-state index in [4.69, 9.17) is 34.8 Å². The summed E-state index contributed by atoms with van der Waals surface area (Å²) in [5, 5.41) is 0.259. The molecule has 3 nitrogen and oxygen atoms in total. The first-order valence-electron chi connectivity index (χ1n) is 8.29. The normalized spacial score (nSPS) is 11.4. The molecule has 26 heavy (non-hydrogen) atoms. The van der Waals surface area contributed by atoms with Crippen molar-refractivity contribution in [3.63, 3.8) is 0 Å². The summed E-state index contributed by atoms with van der Waals surface area (Å²) >= 11 is 22.1. The van der Waals surface area contributed by atoms with Crippen LogP contribution in [0.4, 0.5) is 0 Å². The third kappa shape index (κ3) is 20.0. The molecule has 0 aromatic rings. The molecule has 0 aliphatic carbocycles. The average molecular weight is 502 g/mol. The van der Waals surface area contributed by atoms with Gasteiger partial charge in [-0.1, -0.05) is 49.1 Å². The smallest absolute Gasteiger partial charge is 0.190 e. The second-order valence-electron chi connectivity index (χ2n) is 4.41. The van der Waals surface area contributed by atoms with Gasteiger partial charge in [-0.3, -0.25) is 14.4 Å². The average Bonchev–Trinajstić information content (AvgIpc) is 2.61. The highest BCUT2D eigenvalue weighted by molar-refractivity contribution is 8.18. The molecule has 1 atom stereocenters. The van der Waals surface area contributed by atoms with Crippen molar-refractivity contribution in [2.75, 3.05) is 40.7 Å². The lowest BCUT2D eigenvalue weighted by Crippen LogP contribution is -2.15. The summed E-state index contributed by atoms with van der Waals surface area (Å²) in [7, 11) is 0. The maximum Gasteiger partial charge on any atom is 0.190 e. The van der Waals surface area contributed by atoms with Gasteiger partial charge in [-0.05, 0) is 0 Å². The third-order valence-corrected chi connectivity index (χ3v) is 7.96. The molecule has 0 saturated heterocycles. The molecular weight excluding hydrogens is 475 g/mol. The number of hydrogen-bond donors (Lipinski definition) is 0. The summed E-state index contributed by atoms with van der Waals surface area (Å²) in [6.45, 7) is 4.00. The van der Waals surface area contributed by atoms with Crippen molar-refractivity contribution >= 4 is 97.2 Å². The SMILES string of the molecule is CC.O=C(CCCl)SCCSCC(CSC(=O)CCCl)SC(=O)CCCl. The minimum Gasteiger partial charge on any atom is -0.287 e. The Balaban J connectivity index is 0. The lowest BCUT2D eigenvalue weighted by atomic mass is 10.5. The Hall–Kier alpha value is 1.28. The second-order valence-corrected chi connectivity index (χ2v) is 10.3. The van der Waals surface area contributed by atoms with Gasteiger partial charge in [-0.2, -0.15) is 11.8 Å². The fraction of sp³-hybridized carbons (Fsp3) is 0.812. The molecule has 0 radical (unpaired) electrons. The van der Waals surface area contributed by atoms with Gasteiger partial charge in [0.25, 0.3) is 0 Å². The Bertz CT molecular complexity index is 388. The van der Waals surface area contributed by atoms with E-state index in [1.165, 1.54) is 35.3 Å². The highest BCUT2D eigenvalue weighted by atomic mass is 35.5. The van der Waals surface area contributed by atoms with E-state index in [-0.39, 0.29) is 20.6 Å². The Labute approximate surface area is 189 Å². The molecule has 0 amide bonds. The van der Waals surface area contributed by atoms with Gasteiger partial charge in [-0.15, -0.1) is 34.8 Å². The van der Waals surface area contributed by atoms with Crippen molar-refractivity contribution in [2.24, 2.45) is 0 Å². The second kappa shape index (κ2) is 22.6. The standard InChI is InChI=1S/C14H21Cl3O3S4.C2H6/c15-4-1-12(18)22-8-7-21-9-11(24-14(20)3-6-17)10-23-13(19)2-5-16;1-2/h11H,1-10H2;1-2H3. The van der Waals surface area contributed by atoms with Crippen LogP contribution in [0.25, 0.3) is 0 Å². The van der Waals surface area contributed by atoms with E-state index in [2.05, 4.69) is 0 Å². The van der Waals surface area contributed by atoms with Crippen molar-refractivity contribution in [3.8, 4) is 0 Å². The van der Waals surface area contributed by atoms with Crippen LogP contribution in [0.2, 0.25) is 0 Å². The molecule has 0 saturated carbocycles. The van der Waals surface area contributed by atoms with E-state index in [9.17, 15) is 14.4 Å². The fourth-order valence-corrected chi connectivity index (χ4v) is 6.54. The predicted molar refractivity (Wildman–Crippen MR) is 126 cm³/mol. The highest BCUT2D eigenvalue weighted by Crippen LogP contribution is 2.24.